The quantitative estimate of drug-likeness (QED) is 0.301. The second-order valence-corrected chi connectivity index (χ2v) is 8.32. The van der Waals surface area contributed by atoms with Crippen molar-refractivity contribution >= 4 is 28.0 Å². The maximum absolute atomic E-state index is 12.6. The van der Waals surface area contributed by atoms with Gasteiger partial charge in [0.2, 0.25) is 0 Å². The van der Waals surface area contributed by atoms with E-state index in [1.165, 1.54) is 0 Å². The van der Waals surface area contributed by atoms with Gasteiger partial charge in [-0.25, -0.2) is 19.6 Å². The van der Waals surface area contributed by atoms with Crippen molar-refractivity contribution < 1.29 is 19.1 Å². The summed E-state index contributed by atoms with van der Waals surface area (Å²) in [7, 11) is 0. The zero-order valence-corrected chi connectivity index (χ0v) is 20.0. The first-order valence-corrected chi connectivity index (χ1v) is 11.5. The average molecular weight is 512 g/mol. The number of unbranched alkanes of at least 4 members (excludes halogenated alkanes) is 1. The molecular weight excluding hydrogens is 486 g/mol. The van der Waals surface area contributed by atoms with Gasteiger partial charge in [-0.05, 0) is 33.5 Å². The van der Waals surface area contributed by atoms with Crippen LogP contribution in [0.1, 0.15) is 30.9 Å². The van der Waals surface area contributed by atoms with E-state index in [1.807, 2.05) is 61.5 Å². The van der Waals surface area contributed by atoms with Crippen LogP contribution in [0.5, 0.6) is 0 Å². The van der Waals surface area contributed by atoms with E-state index >= 15 is 0 Å². The van der Waals surface area contributed by atoms with E-state index in [4.69, 9.17) is 9.47 Å². The van der Waals surface area contributed by atoms with Gasteiger partial charge in [0.05, 0.1) is 11.1 Å². The van der Waals surface area contributed by atoms with Crippen LogP contribution in [0, 0.1) is 0 Å². The van der Waals surface area contributed by atoms with E-state index in [-0.39, 0.29) is 13.0 Å². The van der Waals surface area contributed by atoms with Crippen molar-refractivity contribution in [3.8, 4) is 11.4 Å². The Balaban J connectivity index is 1.64. The summed E-state index contributed by atoms with van der Waals surface area (Å²) in [4.78, 5) is 33.6. The third kappa shape index (κ3) is 7.98. The van der Waals surface area contributed by atoms with Gasteiger partial charge in [-0.15, -0.1) is 0 Å². The summed E-state index contributed by atoms with van der Waals surface area (Å²) < 4.78 is 11.4. The summed E-state index contributed by atoms with van der Waals surface area (Å²) in [6.07, 6.45) is 4.64. The lowest BCUT2D eigenvalue weighted by Crippen LogP contribution is -2.43. The molecule has 1 heterocycles. The summed E-state index contributed by atoms with van der Waals surface area (Å²) in [5, 5.41) is 2.65. The normalized spacial score (nSPS) is 11.5. The fourth-order valence-corrected chi connectivity index (χ4v) is 3.21. The van der Waals surface area contributed by atoms with Crippen molar-refractivity contribution in [2.45, 2.75) is 38.8 Å². The number of hydrogen-bond acceptors (Lipinski definition) is 6. The Morgan fingerprint density at radius 1 is 0.970 bits per heavy atom. The van der Waals surface area contributed by atoms with Crippen molar-refractivity contribution in [1.29, 1.82) is 0 Å². The summed E-state index contributed by atoms with van der Waals surface area (Å²) in [6.45, 7) is 2.44. The van der Waals surface area contributed by atoms with Gasteiger partial charge in [-0.1, -0.05) is 67.9 Å². The van der Waals surface area contributed by atoms with E-state index in [9.17, 15) is 9.59 Å². The molecule has 8 heteroatoms. The number of carbonyl (C=O) groups excluding carboxylic acids is 2. The number of hydrogen-bond donors (Lipinski definition) is 1. The molecule has 0 aliphatic rings. The SMILES string of the molecule is CCCCOC(=O)C(Cc1ccc(-c2ncc(Br)cn2)cc1)NC(=O)OCc1ccccc1. The molecule has 0 radical (unpaired) electrons. The third-order valence-electron chi connectivity index (χ3n) is 4.80. The van der Waals surface area contributed by atoms with Gasteiger partial charge in [0.1, 0.15) is 12.6 Å². The van der Waals surface area contributed by atoms with Crippen LogP contribution in [0.4, 0.5) is 4.79 Å². The number of alkyl carbamates (subject to hydrolysis) is 1. The minimum absolute atomic E-state index is 0.117. The molecule has 2 aromatic carbocycles. The van der Waals surface area contributed by atoms with Crippen LogP contribution in [0.2, 0.25) is 0 Å². The number of esters is 1. The van der Waals surface area contributed by atoms with Crippen molar-refractivity contribution in [3.63, 3.8) is 0 Å². The van der Waals surface area contributed by atoms with E-state index < -0.39 is 18.1 Å². The van der Waals surface area contributed by atoms with Crippen molar-refractivity contribution in [2.75, 3.05) is 6.61 Å². The highest BCUT2D eigenvalue weighted by atomic mass is 79.9. The molecule has 0 saturated carbocycles. The minimum atomic E-state index is -0.861. The number of aromatic nitrogens is 2. The summed E-state index contributed by atoms with van der Waals surface area (Å²) in [5.41, 5.74) is 2.57. The van der Waals surface area contributed by atoms with Crippen LogP contribution in [-0.4, -0.2) is 34.7 Å². The van der Waals surface area contributed by atoms with Crippen molar-refractivity contribution in [3.05, 3.63) is 82.6 Å². The third-order valence-corrected chi connectivity index (χ3v) is 5.21. The molecule has 7 nitrogen and oxygen atoms in total. The zero-order valence-electron chi connectivity index (χ0n) is 18.4. The molecule has 0 aliphatic carbocycles. The lowest BCUT2D eigenvalue weighted by Gasteiger charge is -2.18. The van der Waals surface area contributed by atoms with Crippen molar-refractivity contribution in [2.24, 2.45) is 0 Å². The number of nitrogens with one attached hydrogen (secondary N) is 1. The number of nitrogens with zero attached hydrogens (tertiary/aromatic N) is 2. The van der Waals surface area contributed by atoms with E-state index in [0.717, 1.165) is 34.0 Å². The highest BCUT2D eigenvalue weighted by molar-refractivity contribution is 9.10. The standard InChI is InChI=1S/C25H26BrN3O4/c1-2-3-13-32-24(30)22(29-25(31)33-17-19-7-5-4-6-8-19)14-18-9-11-20(12-10-18)23-27-15-21(26)16-28-23/h4-12,15-16,22H,2-3,13-14,17H2,1H3,(H,29,31). The smallest absolute Gasteiger partial charge is 0.408 e. The zero-order chi connectivity index (χ0) is 23.5. The van der Waals surface area contributed by atoms with E-state index in [2.05, 4.69) is 31.2 Å². The lowest BCUT2D eigenvalue weighted by molar-refractivity contribution is -0.146. The molecule has 0 bridgehead atoms. The number of rotatable bonds is 10. The van der Waals surface area contributed by atoms with Crippen LogP contribution in [-0.2, 0) is 27.3 Å². The molecule has 172 valence electrons. The fourth-order valence-electron chi connectivity index (χ4n) is 3.00. The first-order chi connectivity index (χ1) is 16.0. The fraction of sp³-hybridized carbons (Fsp3) is 0.280. The number of benzene rings is 2. The summed E-state index contributed by atoms with van der Waals surface area (Å²) in [5.74, 6) is 0.114. The topological polar surface area (TPSA) is 90.4 Å². The maximum Gasteiger partial charge on any atom is 0.408 e. The van der Waals surface area contributed by atoms with E-state index in [1.54, 1.807) is 12.4 Å². The van der Waals surface area contributed by atoms with E-state index in [0.29, 0.717) is 12.4 Å². The molecule has 3 aromatic rings. The predicted molar refractivity (Wildman–Crippen MR) is 128 cm³/mol. The molecule has 1 aromatic heterocycles. The Bertz CT molecular complexity index is 1030. The number of amides is 1. The Labute approximate surface area is 201 Å². The second kappa shape index (κ2) is 12.7. The van der Waals surface area contributed by atoms with Gasteiger partial charge in [0.25, 0.3) is 0 Å². The Morgan fingerprint density at radius 2 is 1.67 bits per heavy atom. The summed E-state index contributed by atoms with van der Waals surface area (Å²) >= 11 is 3.32. The molecule has 0 aliphatic heterocycles. The highest BCUT2D eigenvalue weighted by Gasteiger charge is 2.23. The molecule has 33 heavy (non-hydrogen) atoms. The first-order valence-electron chi connectivity index (χ1n) is 10.8. The van der Waals surface area contributed by atoms with Crippen molar-refractivity contribution in [1.82, 2.24) is 15.3 Å². The molecule has 1 atom stereocenters. The molecule has 3 rings (SSSR count). The van der Waals surface area contributed by atoms with Gasteiger partial charge in [0.15, 0.2) is 5.82 Å². The van der Waals surface area contributed by atoms with Crippen LogP contribution in [0.25, 0.3) is 11.4 Å². The number of ether oxygens (including phenoxy) is 2. The van der Waals surface area contributed by atoms with Crippen LogP contribution >= 0.6 is 15.9 Å². The average Bonchev–Trinajstić information content (AvgIpc) is 2.84. The largest absolute Gasteiger partial charge is 0.464 e. The first kappa shape index (κ1) is 24.4. The minimum Gasteiger partial charge on any atom is -0.464 e. The second-order valence-electron chi connectivity index (χ2n) is 7.41. The molecule has 0 saturated heterocycles. The lowest BCUT2D eigenvalue weighted by atomic mass is 10.0. The predicted octanol–water partition coefficient (Wildman–Crippen LogP) is 5.09. The molecular formula is C25H26BrN3O4. The molecule has 0 spiro atoms. The number of carbonyl (C=O) groups is 2. The van der Waals surface area contributed by atoms with Gasteiger partial charge in [0, 0.05) is 24.4 Å². The van der Waals surface area contributed by atoms with Gasteiger partial charge in [-0.3, -0.25) is 0 Å². The van der Waals surface area contributed by atoms with Gasteiger partial charge < -0.3 is 14.8 Å². The Morgan fingerprint density at radius 3 is 2.33 bits per heavy atom. The Hall–Kier alpha value is -3.26. The maximum atomic E-state index is 12.6. The van der Waals surface area contributed by atoms with Crippen LogP contribution < -0.4 is 5.32 Å². The summed E-state index contributed by atoms with van der Waals surface area (Å²) in [6, 6.07) is 16.0. The number of halogens is 1. The van der Waals surface area contributed by atoms with Crippen LogP contribution in [0.15, 0.2) is 71.5 Å². The highest BCUT2D eigenvalue weighted by Crippen LogP contribution is 2.18. The van der Waals surface area contributed by atoms with Gasteiger partial charge in [-0.2, -0.15) is 0 Å². The monoisotopic (exact) mass is 511 g/mol. The molecule has 1 N–H and O–H groups in total. The Kier molecular flexibility index (Phi) is 9.38. The van der Waals surface area contributed by atoms with Crippen LogP contribution in [0.3, 0.4) is 0 Å². The molecule has 0 fully saturated rings. The molecule has 1 amide bonds. The molecule has 1 unspecified atom stereocenters. The van der Waals surface area contributed by atoms with Gasteiger partial charge >= 0.3 is 12.1 Å².